The Morgan fingerprint density at radius 1 is 0.862 bits per heavy atom. The summed E-state index contributed by atoms with van der Waals surface area (Å²) in [4.78, 5) is 31.4. The summed E-state index contributed by atoms with van der Waals surface area (Å²) in [7, 11) is 3.53. The molecule has 0 saturated carbocycles. The molecule has 0 aliphatic rings. The fourth-order valence-electron chi connectivity index (χ4n) is 3.00. The van der Waals surface area contributed by atoms with Crippen molar-refractivity contribution >= 4 is 18.0 Å². The van der Waals surface area contributed by atoms with E-state index in [0.717, 1.165) is 0 Å². The average molecular weight is 388 g/mol. The summed E-state index contributed by atoms with van der Waals surface area (Å²) in [6.45, 7) is 0. The molecule has 0 spiro atoms. The van der Waals surface area contributed by atoms with Gasteiger partial charge in [-0.1, -0.05) is 60.7 Å². The van der Waals surface area contributed by atoms with Crippen LogP contribution in [0.1, 0.15) is 33.0 Å². The van der Waals surface area contributed by atoms with E-state index < -0.39 is 11.8 Å². The number of halogens is 1. The zero-order valence-corrected chi connectivity index (χ0v) is 16.2. The summed E-state index contributed by atoms with van der Waals surface area (Å²) in [6, 6.07) is 21.6. The van der Waals surface area contributed by atoms with Crippen molar-refractivity contribution in [3.05, 3.63) is 107 Å². The molecule has 0 heterocycles. The lowest BCUT2D eigenvalue weighted by molar-refractivity contribution is -0.118. The highest BCUT2D eigenvalue weighted by Gasteiger charge is 2.23. The van der Waals surface area contributed by atoms with Gasteiger partial charge in [-0.05, 0) is 29.3 Å². The molecule has 1 unspecified atom stereocenters. The first-order chi connectivity index (χ1) is 14.0. The van der Waals surface area contributed by atoms with Crippen LogP contribution in [0.4, 0.5) is 4.39 Å². The summed E-state index contributed by atoms with van der Waals surface area (Å²) in [5, 5.41) is 0. The number of amides is 1. The average Bonchev–Trinajstić information content (AvgIpc) is 2.74. The lowest BCUT2D eigenvalue weighted by atomic mass is 9.88. The number of hydrogen-bond donors (Lipinski definition) is 0. The number of ketones is 1. The summed E-state index contributed by atoms with van der Waals surface area (Å²) in [5.74, 6) is -1.65. The summed E-state index contributed by atoms with van der Waals surface area (Å²) in [6.07, 6.45) is 1.43. The summed E-state index contributed by atoms with van der Waals surface area (Å²) < 4.78 is 13.4. The molecule has 0 N–H and O–H groups in total. The molecule has 0 radical (unpaired) electrons. The van der Waals surface area contributed by atoms with Gasteiger partial charge in [0.15, 0.2) is 5.78 Å². The maximum Gasteiger partial charge on any atom is 0.259 e. The lowest BCUT2D eigenvalue weighted by Crippen LogP contribution is -2.16. The Hall–Kier alpha value is -3.60. The molecule has 3 aromatic carbocycles. The third kappa shape index (κ3) is 5.02. The van der Waals surface area contributed by atoms with Crippen LogP contribution in [-0.2, 0) is 4.79 Å². The Bertz CT molecular complexity index is 1030. The normalized spacial score (nSPS) is 12.0. The van der Waals surface area contributed by atoms with E-state index in [1.165, 1.54) is 18.5 Å². The molecule has 1 atom stereocenters. The van der Waals surface area contributed by atoms with Gasteiger partial charge in [0.25, 0.3) is 5.91 Å². The number of hydrogen-bond acceptors (Lipinski definition) is 2. The molecule has 0 aliphatic heterocycles. The number of carbonyl (C=O) groups excluding carboxylic acids is 2. The van der Waals surface area contributed by atoms with Crippen molar-refractivity contribution in [1.29, 1.82) is 0 Å². The number of benzene rings is 3. The zero-order chi connectivity index (χ0) is 20.8. The zero-order valence-electron chi connectivity index (χ0n) is 16.2. The van der Waals surface area contributed by atoms with E-state index >= 15 is 0 Å². The minimum Gasteiger partial charge on any atom is -0.369 e. The molecule has 4 nitrogen and oxygen atoms in total. The molecular formula is C24H21FN2O2. The molecule has 0 aliphatic carbocycles. The van der Waals surface area contributed by atoms with Crippen molar-refractivity contribution in [2.75, 3.05) is 14.1 Å². The van der Waals surface area contributed by atoms with Gasteiger partial charge in [0, 0.05) is 25.2 Å². The first-order valence-electron chi connectivity index (χ1n) is 9.15. The second-order valence-electron chi connectivity index (χ2n) is 6.85. The van der Waals surface area contributed by atoms with Crippen molar-refractivity contribution in [3.63, 3.8) is 0 Å². The Balaban J connectivity index is 2.02. The van der Waals surface area contributed by atoms with Crippen LogP contribution in [0.15, 0.2) is 83.9 Å². The van der Waals surface area contributed by atoms with E-state index in [-0.39, 0.29) is 11.6 Å². The molecule has 3 aromatic rings. The lowest BCUT2D eigenvalue weighted by Gasteiger charge is -2.16. The topological polar surface area (TPSA) is 49.7 Å². The van der Waals surface area contributed by atoms with E-state index in [4.69, 9.17) is 0 Å². The van der Waals surface area contributed by atoms with Crippen molar-refractivity contribution in [2.45, 2.75) is 5.92 Å². The summed E-state index contributed by atoms with van der Waals surface area (Å²) >= 11 is 0. The minimum absolute atomic E-state index is 0.130. The first-order valence-corrected chi connectivity index (χ1v) is 9.15. The fraction of sp³-hybridized carbons (Fsp3) is 0.125. The van der Waals surface area contributed by atoms with Crippen LogP contribution in [0, 0.1) is 5.82 Å². The van der Waals surface area contributed by atoms with Crippen LogP contribution >= 0.6 is 0 Å². The van der Waals surface area contributed by atoms with Crippen LogP contribution in [0.5, 0.6) is 0 Å². The van der Waals surface area contributed by atoms with Crippen molar-refractivity contribution in [1.82, 2.24) is 4.90 Å². The van der Waals surface area contributed by atoms with E-state index in [2.05, 4.69) is 4.99 Å². The van der Waals surface area contributed by atoms with Crippen LogP contribution < -0.4 is 0 Å². The van der Waals surface area contributed by atoms with Gasteiger partial charge in [-0.15, -0.1) is 0 Å². The highest BCUT2D eigenvalue weighted by Crippen LogP contribution is 2.28. The SMILES string of the molecule is CN(C)C=NC(=O)C(c1ccc(F)cc1)c1cccc(C(=O)c2ccccc2)c1. The second kappa shape index (κ2) is 9.06. The monoisotopic (exact) mass is 388 g/mol. The van der Waals surface area contributed by atoms with E-state index in [1.807, 2.05) is 6.07 Å². The fourth-order valence-corrected chi connectivity index (χ4v) is 3.00. The largest absolute Gasteiger partial charge is 0.369 e. The van der Waals surface area contributed by atoms with Gasteiger partial charge in [0.1, 0.15) is 5.82 Å². The van der Waals surface area contributed by atoms with Crippen LogP contribution in [0.25, 0.3) is 0 Å². The van der Waals surface area contributed by atoms with Crippen LogP contribution in [0.2, 0.25) is 0 Å². The molecule has 3 rings (SSSR count). The predicted molar refractivity (Wildman–Crippen MR) is 112 cm³/mol. The van der Waals surface area contributed by atoms with Gasteiger partial charge in [-0.25, -0.2) is 9.38 Å². The van der Waals surface area contributed by atoms with Crippen molar-refractivity contribution < 1.29 is 14.0 Å². The van der Waals surface area contributed by atoms with Gasteiger partial charge in [0.2, 0.25) is 0 Å². The highest BCUT2D eigenvalue weighted by atomic mass is 19.1. The molecule has 1 amide bonds. The number of nitrogens with zero attached hydrogens (tertiary/aromatic N) is 2. The van der Waals surface area contributed by atoms with Gasteiger partial charge < -0.3 is 4.90 Å². The molecule has 146 valence electrons. The molecule has 0 bridgehead atoms. The number of aliphatic imine (C=N–C) groups is 1. The van der Waals surface area contributed by atoms with Crippen molar-refractivity contribution in [2.24, 2.45) is 4.99 Å². The summed E-state index contributed by atoms with van der Waals surface area (Å²) in [5.41, 5.74) is 2.28. The molecule has 0 fully saturated rings. The van der Waals surface area contributed by atoms with Gasteiger partial charge in [-0.3, -0.25) is 9.59 Å². The van der Waals surface area contributed by atoms with Crippen LogP contribution in [-0.4, -0.2) is 37.0 Å². The smallest absolute Gasteiger partial charge is 0.259 e. The highest BCUT2D eigenvalue weighted by molar-refractivity contribution is 6.09. The third-order valence-electron chi connectivity index (χ3n) is 4.38. The Morgan fingerprint density at radius 2 is 1.52 bits per heavy atom. The molecule has 0 saturated heterocycles. The Labute approximate surface area is 169 Å². The minimum atomic E-state index is -0.740. The van der Waals surface area contributed by atoms with Gasteiger partial charge in [0.05, 0.1) is 12.3 Å². The quantitative estimate of drug-likeness (QED) is 0.359. The van der Waals surface area contributed by atoms with Gasteiger partial charge >= 0.3 is 0 Å². The van der Waals surface area contributed by atoms with Crippen molar-refractivity contribution in [3.8, 4) is 0 Å². The predicted octanol–water partition coefficient (Wildman–Crippen LogP) is 4.31. The molecule has 29 heavy (non-hydrogen) atoms. The number of rotatable bonds is 6. The number of carbonyl (C=O) groups is 2. The molecule has 0 aromatic heterocycles. The van der Waals surface area contributed by atoms with E-state index in [1.54, 1.807) is 79.7 Å². The molecular weight excluding hydrogens is 367 g/mol. The first kappa shape index (κ1) is 20.1. The maximum absolute atomic E-state index is 13.4. The maximum atomic E-state index is 13.4. The third-order valence-corrected chi connectivity index (χ3v) is 4.38. The van der Waals surface area contributed by atoms with Crippen LogP contribution in [0.3, 0.4) is 0 Å². The Kier molecular flexibility index (Phi) is 6.29. The van der Waals surface area contributed by atoms with E-state index in [9.17, 15) is 14.0 Å². The standard InChI is InChI=1S/C24H21FN2O2/c1-27(2)16-26-24(29)22(17-11-13-21(25)14-12-17)19-9-6-10-20(15-19)23(28)18-7-4-3-5-8-18/h3-16,22H,1-2H3. The molecule has 5 heteroatoms. The Morgan fingerprint density at radius 3 is 2.17 bits per heavy atom. The van der Waals surface area contributed by atoms with E-state index in [0.29, 0.717) is 22.3 Å². The van der Waals surface area contributed by atoms with Gasteiger partial charge in [-0.2, -0.15) is 0 Å². The second-order valence-corrected chi connectivity index (χ2v) is 6.85.